The van der Waals surface area contributed by atoms with Crippen molar-refractivity contribution in [1.29, 1.82) is 0 Å². The van der Waals surface area contributed by atoms with Crippen LogP contribution in [0.5, 0.6) is 0 Å². The molecule has 0 aliphatic carbocycles. The molecule has 4 heteroatoms. The summed E-state index contributed by atoms with van der Waals surface area (Å²) in [6.45, 7) is 10.5. The Morgan fingerprint density at radius 2 is 1.76 bits per heavy atom. The number of aryl methyl sites for hydroxylation is 1. The zero-order valence-corrected chi connectivity index (χ0v) is 17.9. The Morgan fingerprint density at radius 1 is 1.00 bits per heavy atom. The van der Waals surface area contributed by atoms with Crippen molar-refractivity contribution in [3.63, 3.8) is 0 Å². The zero-order chi connectivity index (χ0) is 20.5. The van der Waals surface area contributed by atoms with Crippen LogP contribution >= 0.6 is 0 Å². The van der Waals surface area contributed by atoms with Crippen molar-refractivity contribution in [1.82, 2.24) is 10.2 Å². The third kappa shape index (κ3) is 6.33. The van der Waals surface area contributed by atoms with Gasteiger partial charge in [-0.05, 0) is 56.0 Å². The minimum absolute atomic E-state index is 0.0362. The number of hydrogen-bond donors (Lipinski definition) is 1. The zero-order valence-electron chi connectivity index (χ0n) is 17.9. The molecule has 29 heavy (non-hydrogen) atoms. The maximum Gasteiger partial charge on any atom is 0.227 e. The summed E-state index contributed by atoms with van der Waals surface area (Å²) < 4.78 is 0. The molecule has 0 bridgehead atoms. The Bertz CT molecular complexity index is 754. The normalized spacial score (nSPS) is 15.9. The Balaban J connectivity index is 1.32. The molecule has 0 aromatic heterocycles. The van der Waals surface area contributed by atoms with Crippen LogP contribution in [0.25, 0.3) is 0 Å². The van der Waals surface area contributed by atoms with E-state index in [4.69, 9.17) is 0 Å². The molecule has 1 amide bonds. The summed E-state index contributed by atoms with van der Waals surface area (Å²) in [5.41, 5.74) is 3.78. The van der Waals surface area contributed by atoms with Gasteiger partial charge in [0.25, 0.3) is 0 Å². The highest BCUT2D eigenvalue weighted by Gasteiger charge is 2.18. The lowest BCUT2D eigenvalue weighted by Crippen LogP contribution is -2.46. The predicted molar refractivity (Wildman–Crippen MR) is 122 cm³/mol. The van der Waals surface area contributed by atoms with Crippen LogP contribution in [0.15, 0.2) is 54.6 Å². The highest BCUT2D eigenvalue weighted by Crippen LogP contribution is 2.19. The Kier molecular flexibility index (Phi) is 8.12. The number of piperazine rings is 1. The van der Waals surface area contributed by atoms with Crippen molar-refractivity contribution in [3.8, 4) is 0 Å². The molecule has 1 aliphatic heterocycles. The van der Waals surface area contributed by atoms with Crippen LogP contribution in [0.4, 0.5) is 5.69 Å². The van der Waals surface area contributed by atoms with Gasteiger partial charge in [0.15, 0.2) is 0 Å². The van der Waals surface area contributed by atoms with Gasteiger partial charge in [-0.3, -0.25) is 9.69 Å². The monoisotopic (exact) mass is 393 g/mol. The van der Waals surface area contributed by atoms with Crippen molar-refractivity contribution in [2.75, 3.05) is 44.2 Å². The number of benzene rings is 2. The van der Waals surface area contributed by atoms with Crippen LogP contribution in [0.1, 0.15) is 43.2 Å². The second kappa shape index (κ2) is 11.0. The summed E-state index contributed by atoms with van der Waals surface area (Å²) in [4.78, 5) is 17.5. The van der Waals surface area contributed by atoms with Crippen LogP contribution in [-0.2, 0) is 4.79 Å². The van der Waals surface area contributed by atoms with Gasteiger partial charge in [0.1, 0.15) is 0 Å². The Hall–Kier alpha value is -2.33. The molecule has 0 radical (unpaired) electrons. The lowest BCUT2D eigenvalue weighted by Gasteiger charge is -2.36. The highest BCUT2D eigenvalue weighted by atomic mass is 16.1. The average molecular weight is 394 g/mol. The Morgan fingerprint density at radius 3 is 2.45 bits per heavy atom. The first-order valence-electron chi connectivity index (χ1n) is 11.0. The van der Waals surface area contributed by atoms with E-state index in [0.29, 0.717) is 0 Å². The first-order chi connectivity index (χ1) is 14.2. The molecule has 1 heterocycles. The van der Waals surface area contributed by atoms with Crippen LogP contribution < -0.4 is 10.2 Å². The van der Waals surface area contributed by atoms with Gasteiger partial charge in [0.05, 0.1) is 5.92 Å². The second-order valence-electron chi connectivity index (χ2n) is 8.04. The van der Waals surface area contributed by atoms with E-state index in [1.165, 1.54) is 11.3 Å². The smallest absolute Gasteiger partial charge is 0.227 e. The molecule has 1 N–H and O–H groups in total. The standard InChI is InChI=1S/C25H35N3O/c1-3-24(22-11-5-4-6-12-22)25(29)26-14-7-8-15-27-16-18-28(19-17-27)23-13-9-10-21(2)20-23/h4-6,9-13,20,24H,3,7-8,14-19H2,1-2H3,(H,26,29)/t24-/m0/s1. The lowest BCUT2D eigenvalue weighted by molar-refractivity contribution is -0.122. The fourth-order valence-corrected chi connectivity index (χ4v) is 4.11. The van der Waals surface area contributed by atoms with E-state index in [9.17, 15) is 4.79 Å². The Labute approximate surface area is 175 Å². The number of nitrogens with one attached hydrogen (secondary N) is 1. The fourth-order valence-electron chi connectivity index (χ4n) is 4.11. The van der Waals surface area contributed by atoms with E-state index in [-0.39, 0.29) is 11.8 Å². The molecule has 3 rings (SSSR count). The first-order valence-corrected chi connectivity index (χ1v) is 11.0. The maximum absolute atomic E-state index is 12.5. The summed E-state index contributed by atoms with van der Waals surface area (Å²) in [6, 6.07) is 18.9. The van der Waals surface area contributed by atoms with Gasteiger partial charge in [-0.1, -0.05) is 49.4 Å². The summed E-state index contributed by atoms with van der Waals surface area (Å²) in [7, 11) is 0. The largest absolute Gasteiger partial charge is 0.369 e. The summed E-state index contributed by atoms with van der Waals surface area (Å²) >= 11 is 0. The number of carbonyl (C=O) groups excluding carboxylic acids is 1. The van der Waals surface area contributed by atoms with E-state index < -0.39 is 0 Å². The topological polar surface area (TPSA) is 35.6 Å². The highest BCUT2D eigenvalue weighted by molar-refractivity contribution is 5.83. The van der Waals surface area contributed by atoms with Crippen molar-refractivity contribution < 1.29 is 4.79 Å². The van der Waals surface area contributed by atoms with Crippen molar-refractivity contribution in [2.24, 2.45) is 0 Å². The number of anilines is 1. The van der Waals surface area contributed by atoms with E-state index in [1.807, 2.05) is 30.3 Å². The quantitative estimate of drug-likeness (QED) is 0.649. The number of amides is 1. The molecule has 2 aromatic rings. The number of carbonyl (C=O) groups is 1. The molecule has 1 atom stereocenters. The number of nitrogens with zero attached hydrogens (tertiary/aromatic N) is 2. The molecule has 1 aliphatic rings. The van der Waals surface area contributed by atoms with E-state index in [0.717, 1.165) is 64.1 Å². The molecule has 0 unspecified atom stereocenters. The fraction of sp³-hybridized carbons (Fsp3) is 0.480. The van der Waals surface area contributed by atoms with Crippen molar-refractivity contribution in [3.05, 3.63) is 65.7 Å². The van der Waals surface area contributed by atoms with Gasteiger partial charge in [-0.2, -0.15) is 0 Å². The van der Waals surface area contributed by atoms with Crippen molar-refractivity contribution >= 4 is 11.6 Å². The van der Waals surface area contributed by atoms with Crippen LogP contribution in [0.3, 0.4) is 0 Å². The minimum atomic E-state index is -0.0362. The molecule has 2 aromatic carbocycles. The van der Waals surface area contributed by atoms with Crippen LogP contribution in [0, 0.1) is 6.92 Å². The predicted octanol–water partition coefficient (Wildman–Crippen LogP) is 4.21. The molecular formula is C25H35N3O. The third-order valence-electron chi connectivity index (χ3n) is 5.87. The lowest BCUT2D eigenvalue weighted by atomic mass is 9.95. The van der Waals surface area contributed by atoms with Gasteiger partial charge in [0.2, 0.25) is 5.91 Å². The van der Waals surface area contributed by atoms with Crippen LogP contribution in [-0.4, -0.2) is 50.1 Å². The average Bonchev–Trinajstić information content (AvgIpc) is 2.75. The van der Waals surface area contributed by atoms with Gasteiger partial charge in [-0.25, -0.2) is 0 Å². The maximum atomic E-state index is 12.5. The first kappa shape index (κ1) is 21.4. The van der Waals surface area contributed by atoms with Gasteiger partial charge < -0.3 is 10.2 Å². The number of rotatable bonds is 9. The van der Waals surface area contributed by atoms with Gasteiger partial charge >= 0.3 is 0 Å². The van der Waals surface area contributed by atoms with Gasteiger partial charge in [0, 0.05) is 38.4 Å². The molecular weight excluding hydrogens is 358 g/mol. The summed E-state index contributed by atoms with van der Waals surface area (Å²) in [5, 5.41) is 3.14. The summed E-state index contributed by atoms with van der Waals surface area (Å²) in [5.74, 6) is 0.122. The third-order valence-corrected chi connectivity index (χ3v) is 5.87. The number of unbranched alkanes of at least 4 members (excludes halogenated alkanes) is 1. The second-order valence-corrected chi connectivity index (χ2v) is 8.04. The minimum Gasteiger partial charge on any atom is -0.369 e. The molecule has 0 saturated carbocycles. The van der Waals surface area contributed by atoms with Gasteiger partial charge in [-0.15, -0.1) is 0 Å². The van der Waals surface area contributed by atoms with E-state index in [1.54, 1.807) is 0 Å². The van der Waals surface area contributed by atoms with E-state index >= 15 is 0 Å². The SMILES string of the molecule is CC[C@H](C(=O)NCCCCN1CCN(c2cccc(C)c2)CC1)c1ccccc1. The van der Waals surface area contributed by atoms with E-state index in [2.05, 4.69) is 53.2 Å². The molecule has 0 spiro atoms. The molecule has 1 fully saturated rings. The van der Waals surface area contributed by atoms with Crippen molar-refractivity contribution in [2.45, 2.75) is 39.0 Å². The van der Waals surface area contributed by atoms with Crippen LogP contribution in [0.2, 0.25) is 0 Å². The molecule has 156 valence electrons. The molecule has 1 saturated heterocycles. The number of hydrogen-bond acceptors (Lipinski definition) is 3. The summed E-state index contributed by atoms with van der Waals surface area (Å²) in [6.07, 6.45) is 3.00. The molecule has 4 nitrogen and oxygen atoms in total.